The number of benzene rings is 2. The summed E-state index contributed by atoms with van der Waals surface area (Å²) in [5.74, 6) is 0.263. The van der Waals surface area contributed by atoms with Gasteiger partial charge in [0.1, 0.15) is 18.2 Å². The Bertz CT molecular complexity index is 715. The topological polar surface area (TPSA) is 41.8 Å². The molecule has 2 aromatic rings. The number of halogens is 2. The maximum absolute atomic E-state index is 13.3. The minimum atomic E-state index is -0.449. The van der Waals surface area contributed by atoms with Gasteiger partial charge in [0, 0.05) is 5.56 Å². The van der Waals surface area contributed by atoms with Gasteiger partial charge in [0.2, 0.25) is 0 Å². The summed E-state index contributed by atoms with van der Waals surface area (Å²) in [6.45, 7) is 0.272. The van der Waals surface area contributed by atoms with E-state index in [9.17, 15) is 4.39 Å². The van der Waals surface area contributed by atoms with Crippen LogP contribution in [0.3, 0.4) is 0 Å². The zero-order valence-corrected chi connectivity index (χ0v) is 11.9. The fourth-order valence-electron chi connectivity index (χ4n) is 2.44. The lowest BCUT2D eigenvalue weighted by Gasteiger charge is -2.08. The summed E-state index contributed by atoms with van der Waals surface area (Å²) in [7, 11) is 0. The van der Waals surface area contributed by atoms with Gasteiger partial charge < -0.3 is 9.94 Å². The van der Waals surface area contributed by atoms with Crippen LogP contribution in [0, 0.1) is 5.82 Å². The molecule has 0 saturated carbocycles. The summed E-state index contributed by atoms with van der Waals surface area (Å²) >= 11 is 5.64. The molecule has 3 nitrogen and oxygen atoms in total. The fraction of sp³-hybridized carbons (Fsp3) is 0.188. The van der Waals surface area contributed by atoms with Crippen LogP contribution < -0.4 is 4.74 Å². The molecule has 0 atom stereocenters. The summed E-state index contributed by atoms with van der Waals surface area (Å²) in [4.78, 5) is 0. The van der Waals surface area contributed by atoms with Crippen LogP contribution in [-0.4, -0.2) is 10.9 Å². The number of aryl methyl sites for hydroxylation is 1. The third-order valence-electron chi connectivity index (χ3n) is 3.53. The Morgan fingerprint density at radius 3 is 2.81 bits per heavy atom. The molecule has 0 aliphatic heterocycles. The van der Waals surface area contributed by atoms with E-state index in [-0.39, 0.29) is 11.6 Å². The van der Waals surface area contributed by atoms with Crippen LogP contribution in [0.2, 0.25) is 5.02 Å². The van der Waals surface area contributed by atoms with E-state index in [2.05, 4.69) is 5.16 Å². The smallest absolute Gasteiger partial charge is 0.142 e. The predicted molar refractivity (Wildman–Crippen MR) is 78.8 cm³/mol. The summed E-state index contributed by atoms with van der Waals surface area (Å²) in [6, 6.07) is 10.3. The van der Waals surface area contributed by atoms with Crippen LogP contribution in [0.4, 0.5) is 4.39 Å². The van der Waals surface area contributed by atoms with Gasteiger partial charge in [-0.15, -0.1) is 0 Å². The number of hydrogen-bond acceptors (Lipinski definition) is 3. The monoisotopic (exact) mass is 305 g/mol. The standard InChI is InChI=1S/C16H13ClFNO2/c17-14-5-1-10(7-15(14)18)9-21-12-3-4-13-11(8-12)2-6-16(13)19-20/h1,3-5,7-8,20H,2,6,9H2/b19-16-. The molecule has 0 saturated heterocycles. The van der Waals surface area contributed by atoms with Crippen molar-refractivity contribution in [2.75, 3.05) is 0 Å². The molecule has 0 spiro atoms. The van der Waals surface area contributed by atoms with Crippen molar-refractivity contribution in [2.24, 2.45) is 5.16 Å². The Morgan fingerprint density at radius 2 is 2.05 bits per heavy atom. The van der Waals surface area contributed by atoms with Gasteiger partial charge in [-0.05, 0) is 54.3 Å². The molecule has 0 unspecified atom stereocenters. The molecule has 0 fully saturated rings. The number of fused-ring (bicyclic) bond motifs is 1. The van der Waals surface area contributed by atoms with E-state index in [0.29, 0.717) is 11.5 Å². The summed E-state index contributed by atoms with van der Waals surface area (Å²) in [6.07, 6.45) is 1.57. The number of hydrogen-bond donors (Lipinski definition) is 1. The first-order valence-electron chi connectivity index (χ1n) is 6.58. The Kier molecular flexibility index (Phi) is 3.80. The first kappa shape index (κ1) is 13.9. The van der Waals surface area contributed by atoms with Gasteiger partial charge in [-0.1, -0.05) is 22.8 Å². The van der Waals surface area contributed by atoms with E-state index >= 15 is 0 Å². The van der Waals surface area contributed by atoms with E-state index in [1.54, 1.807) is 6.07 Å². The van der Waals surface area contributed by atoms with Crippen molar-refractivity contribution >= 4 is 17.3 Å². The second-order valence-electron chi connectivity index (χ2n) is 4.90. The summed E-state index contributed by atoms with van der Waals surface area (Å²) in [5, 5.41) is 12.3. The fourth-order valence-corrected chi connectivity index (χ4v) is 2.55. The largest absolute Gasteiger partial charge is 0.489 e. The number of ether oxygens (including phenoxy) is 1. The van der Waals surface area contributed by atoms with E-state index in [4.69, 9.17) is 21.5 Å². The third-order valence-corrected chi connectivity index (χ3v) is 3.84. The SMILES string of the molecule is O/N=C1/CCc2cc(OCc3ccc(Cl)c(F)c3)ccc21. The number of nitrogens with zero attached hydrogens (tertiary/aromatic N) is 1. The van der Waals surface area contributed by atoms with Gasteiger partial charge in [0.05, 0.1) is 10.7 Å². The molecule has 108 valence electrons. The van der Waals surface area contributed by atoms with Crippen molar-refractivity contribution < 1.29 is 14.3 Å². The predicted octanol–water partition coefficient (Wildman–Crippen LogP) is 4.18. The molecular formula is C16H13ClFNO2. The van der Waals surface area contributed by atoms with Crippen LogP contribution in [0.15, 0.2) is 41.6 Å². The Labute approximate surface area is 126 Å². The van der Waals surface area contributed by atoms with Crippen molar-refractivity contribution in [3.8, 4) is 5.75 Å². The van der Waals surface area contributed by atoms with Gasteiger partial charge in [-0.25, -0.2) is 4.39 Å². The quantitative estimate of drug-likeness (QED) is 0.682. The second kappa shape index (κ2) is 5.74. The molecule has 1 aliphatic rings. The Morgan fingerprint density at radius 1 is 1.19 bits per heavy atom. The van der Waals surface area contributed by atoms with Gasteiger partial charge >= 0.3 is 0 Å². The Hall–Kier alpha value is -2.07. The van der Waals surface area contributed by atoms with Crippen LogP contribution >= 0.6 is 11.6 Å². The van der Waals surface area contributed by atoms with Crippen LogP contribution in [0.25, 0.3) is 0 Å². The van der Waals surface area contributed by atoms with E-state index in [1.807, 2.05) is 18.2 Å². The van der Waals surface area contributed by atoms with E-state index < -0.39 is 5.82 Å². The van der Waals surface area contributed by atoms with Crippen molar-refractivity contribution in [1.82, 2.24) is 0 Å². The molecule has 0 bridgehead atoms. The highest BCUT2D eigenvalue weighted by Gasteiger charge is 2.18. The minimum Gasteiger partial charge on any atom is -0.489 e. The highest BCUT2D eigenvalue weighted by molar-refractivity contribution is 6.30. The van der Waals surface area contributed by atoms with Crippen molar-refractivity contribution in [2.45, 2.75) is 19.4 Å². The van der Waals surface area contributed by atoms with Crippen LogP contribution in [-0.2, 0) is 13.0 Å². The van der Waals surface area contributed by atoms with Crippen molar-refractivity contribution in [3.63, 3.8) is 0 Å². The van der Waals surface area contributed by atoms with Gasteiger partial charge in [0.15, 0.2) is 0 Å². The highest BCUT2D eigenvalue weighted by atomic mass is 35.5. The van der Waals surface area contributed by atoms with Gasteiger partial charge in [0.25, 0.3) is 0 Å². The molecule has 1 aliphatic carbocycles. The third kappa shape index (κ3) is 2.85. The lowest BCUT2D eigenvalue weighted by atomic mass is 10.1. The maximum Gasteiger partial charge on any atom is 0.142 e. The average molecular weight is 306 g/mol. The van der Waals surface area contributed by atoms with E-state index in [0.717, 1.165) is 29.5 Å². The highest BCUT2D eigenvalue weighted by Crippen LogP contribution is 2.27. The normalized spacial score (nSPS) is 15.2. The first-order chi connectivity index (χ1) is 10.2. The molecule has 21 heavy (non-hydrogen) atoms. The van der Waals surface area contributed by atoms with Crippen LogP contribution in [0.1, 0.15) is 23.1 Å². The first-order valence-corrected chi connectivity index (χ1v) is 6.96. The zero-order chi connectivity index (χ0) is 14.8. The molecular weight excluding hydrogens is 293 g/mol. The molecule has 0 radical (unpaired) electrons. The molecule has 1 N–H and O–H groups in total. The zero-order valence-electron chi connectivity index (χ0n) is 11.1. The second-order valence-corrected chi connectivity index (χ2v) is 5.31. The van der Waals surface area contributed by atoms with Crippen LogP contribution in [0.5, 0.6) is 5.75 Å². The summed E-state index contributed by atoms with van der Waals surface area (Å²) < 4.78 is 19.0. The average Bonchev–Trinajstić information content (AvgIpc) is 2.90. The van der Waals surface area contributed by atoms with E-state index in [1.165, 1.54) is 12.1 Å². The van der Waals surface area contributed by atoms with Crippen molar-refractivity contribution in [1.29, 1.82) is 0 Å². The number of oxime groups is 1. The molecule has 2 aromatic carbocycles. The maximum atomic E-state index is 13.3. The Balaban J connectivity index is 1.73. The summed E-state index contributed by atoms with van der Waals surface area (Å²) in [5.41, 5.74) is 3.48. The molecule has 3 rings (SSSR count). The number of rotatable bonds is 3. The molecule has 0 heterocycles. The molecule has 0 aromatic heterocycles. The minimum absolute atomic E-state index is 0.104. The lowest BCUT2D eigenvalue weighted by molar-refractivity contribution is 0.305. The molecule has 5 heteroatoms. The van der Waals surface area contributed by atoms with Gasteiger partial charge in [-0.3, -0.25) is 0 Å². The van der Waals surface area contributed by atoms with Gasteiger partial charge in [-0.2, -0.15) is 0 Å². The lowest BCUT2D eigenvalue weighted by Crippen LogP contribution is -1.98. The molecule has 0 amide bonds. The van der Waals surface area contributed by atoms with Crippen molar-refractivity contribution in [3.05, 3.63) is 63.9 Å².